The minimum atomic E-state index is -0.866. The van der Waals surface area contributed by atoms with Crippen LogP contribution in [0.3, 0.4) is 0 Å². The van der Waals surface area contributed by atoms with Gasteiger partial charge in [-0.15, -0.1) is 0 Å². The second kappa shape index (κ2) is 8.14. The highest BCUT2D eigenvalue weighted by atomic mass is 79.9. The molecule has 1 N–H and O–H groups in total. The molecule has 1 aliphatic rings. The first-order valence-electron chi connectivity index (χ1n) is 8.14. The van der Waals surface area contributed by atoms with Crippen LogP contribution in [0.15, 0.2) is 59.1 Å². The molecule has 2 aromatic carbocycles. The quantitative estimate of drug-likeness (QED) is 0.823. The first-order chi connectivity index (χ1) is 12.5. The number of hydrogen-bond acceptors (Lipinski definition) is 4. The van der Waals surface area contributed by atoms with Crippen LogP contribution in [0.4, 0.5) is 10.5 Å². The van der Waals surface area contributed by atoms with Crippen molar-refractivity contribution in [3.63, 3.8) is 0 Å². The van der Waals surface area contributed by atoms with Crippen LogP contribution in [0.5, 0.6) is 0 Å². The highest BCUT2D eigenvalue weighted by molar-refractivity contribution is 9.10. The normalized spacial score (nSPS) is 16.4. The van der Waals surface area contributed by atoms with Gasteiger partial charge in [0.2, 0.25) is 11.8 Å². The zero-order chi connectivity index (χ0) is 18.5. The second-order valence-electron chi connectivity index (χ2n) is 5.85. The molecule has 3 rings (SSSR count). The number of anilines is 1. The van der Waals surface area contributed by atoms with Crippen molar-refractivity contribution in [2.24, 2.45) is 0 Å². The fourth-order valence-electron chi connectivity index (χ4n) is 2.71. The van der Waals surface area contributed by atoms with E-state index in [1.54, 1.807) is 24.3 Å². The molecule has 0 spiro atoms. The lowest BCUT2D eigenvalue weighted by Gasteiger charge is -2.21. The van der Waals surface area contributed by atoms with Crippen LogP contribution in [-0.4, -0.2) is 28.8 Å². The molecule has 2 aromatic rings. The third-order valence-corrected chi connectivity index (χ3v) is 4.56. The predicted octanol–water partition coefficient (Wildman–Crippen LogP) is 3.72. The SMILES string of the molecule is O=C(Nc1ccc(Br)cc1)[C@@H]1CCC(=O)N1C(=O)OCc1ccccc1. The van der Waals surface area contributed by atoms with Gasteiger partial charge in [-0.1, -0.05) is 46.3 Å². The number of likely N-dealkylation sites (tertiary alicyclic amines) is 1. The Balaban J connectivity index is 1.64. The molecule has 0 aromatic heterocycles. The van der Waals surface area contributed by atoms with Crippen molar-refractivity contribution in [2.75, 3.05) is 5.32 Å². The van der Waals surface area contributed by atoms with E-state index in [0.29, 0.717) is 5.69 Å². The van der Waals surface area contributed by atoms with E-state index in [1.165, 1.54) is 0 Å². The first-order valence-corrected chi connectivity index (χ1v) is 8.93. The molecule has 1 atom stereocenters. The number of halogens is 1. The third-order valence-electron chi connectivity index (χ3n) is 4.03. The molecule has 6 nitrogen and oxygen atoms in total. The van der Waals surface area contributed by atoms with Crippen molar-refractivity contribution < 1.29 is 19.1 Å². The van der Waals surface area contributed by atoms with Gasteiger partial charge < -0.3 is 10.1 Å². The molecule has 0 aliphatic carbocycles. The van der Waals surface area contributed by atoms with Gasteiger partial charge in [0.15, 0.2) is 0 Å². The highest BCUT2D eigenvalue weighted by Crippen LogP contribution is 2.22. The maximum absolute atomic E-state index is 12.5. The van der Waals surface area contributed by atoms with Crippen LogP contribution in [0, 0.1) is 0 Å². The van der Waals surface area contributed by atoms with Gasteiger partial charge in [-0.05, 0) is 36.2 Å². The smallest absolute Gasteiger partial charge is 0.417 e. The molecule has 1 aliphatic heterocycles. The third kappa shape index (κ3) is 4.29. The minimum absolute atomic E-state index is 0.0461. The van der Waals surface area contributed by atoms with Crippen molar-refractivity contribution in [1.82, 2.24) is 4.90 Å². The van der Waals surface area contributed by atoms with E-state index in [4.69, 9.17) is 4.74 Å². The van der Waals surface area contributed by atoms with E-state index >= 15 is 0 Å². The number of carbonyl (C=O) groups is 3. The van der Waals surface area contributed by atoms with Gasteiger partial charge in [0.1, 0.15) is 12.6 Å². The molecule has 7 heteroatoms. The van der Waals surface area contributed by atoms with Crippen molar-refractivity contribution >= 4 is 39.5 Å². The number of hydrogen-bond donors (Lipinski definition) is 1. The highest BCUT2D eigenvalue weighted by Gasteiger charge is 2.41. The summed E-state index contributed by atoms with van der Waals surface area (Å²) in [7, 11) is 0. The van der Waals surface area contributed by atoms with Gasteiger partial charge in [0.05, 0.1) is 0 Å². The number of nitrogens with one attached hydrogen (secondary N) is 1. The van der Waals surface area contributed by atoms with Crippen LogP contribution in [-0.2, 0) is 20.9 Å². The Bertz CT molecular complexity index is 808. The summed E-state index contributed by atoms with van der Waals surface area (Å²) >= 11 is 3.32. The van der Waals surface area contributed by atoms with Gasteiger partial charge in [-0.3, -0.25) is 9.59 Å². The largest absolute Gasteiger partial charge is 0.444 e. The zero-order valence-corrected chi connectivity index (χ0v) is 15.4. The van der Waals surface area contributed by atoms with E-state index in [-0.39, 0.29) is 19.4 Å². The van der Waals surface area contributed by atoms with Crippen LogP contribution in [0.2, 0.25) is 0 Å². The molecule has 1 fully saturated rings. The molecule has 3 amide bonds. The fraction of sp³-hybridized carbons (Fsp3) is 0.211. The van der Waals surface area contributed by atoms with Crippen molar-refractivity contribution in [3.05, 3.63) is 64.6 Å². The molecule has 0 bridgehead atoms. The van der Waals surface area contributed by atoms with Gasteiger partial charge in [-0.2, -0.15) is 0 Å². The fourth-order valence-corrected chi connectivity index (χ4v) is 2.97. The maximum atomic E-state index is 12.5. The summed E-state index contributed by atoms with van der Waals surface area (Å²) in [4.78, 5) is 37.8. The van der Waals surface area contributed by atoms with Crippen LogP contribution < -0.4 is 5.32 Å². The van der Waals surface area contributed by atoms with E-state index in [2.05, 4.69) is 21.2 Å². The number of imide groups is 1. The summed E-state index contributed by atoms with van der Waals surface area (Å²) in [5.41, 5.74) is 1.40. The summed E-state index contributed by atoms with van der Waals surface area (Å²) in [5, 5.41) is 2.73. The Hall–Kier alpha value is -2.67. The second-order valence-corrected chi connectivity index (χ2v) is 6.77. The standard InChI is InChI=1S/C19H17BrN2O4/c20-14-6-8-15(9-7-14)21-18(24)16-10-11-17(23)22(16)19(25)26-12-13-4-2-1-3-5-13/h1-9,16H,10-12H2,(H,21,24)/t16-/m0/s1. The van der Waals surface area contributed by atoms with E-state index in [0.717, 1.165) is 14.9 Å². The molecule has 0 unspecified atom stereocenters. The minimum Gasteiger partial charge on any atom is -0.444 e. The lowest BCUT2D eigenvalue weighted by Crippen LogP contribution is -2.45. The summed E-state index contributed by atoms with van der Waals surface area (Å²) in [6.45, 7) is 0.0461. The van der Waals surface area contributed by atoms with Gasteiger partial charge in [0, 0.05) is 16.6 Å². The summed E-state index contributed by atoms with van der Waals surface area (Å²) in [6, 6.07) is 15.3. The average Bonchev–Trinajstić information content (AvgIpc) is 3.04. The number of carbonyl (C=O) groups excluding carboxylic acids is 3. The zero-order valence-electron chi connectivity index (χ0n) is 13.9. The average molecular weight is 417 g/mol. The van der Waals surface area contributed by atoms with Crippen molar-refractivity contribution in [1.29, 1.82) is 0 Å². The molecule has 0 radical (unpaired) electrons. The Morgan fingerprint density at radius 2 is 1.81 bits per heavy atom. The molecule has 1 saturated heterocycles. The van der Waals surface area contributed by atoms with Crippen molar-refractivity contribution in [2.45, 2.75) is 25.5 Å². The monoisotopic (exact) mass is 416 g/mol. The number of amides is 3. The summed E-state index contributed by atoms with van der Waals surface area (Å²) in [5.74, 6) is -0.811. The van der Waals surface area contributed by atoms with Crippen LogP contribution in [0.1, 0.15) is 18.4 Å². The number of rotatable bonds is 4. The van der Waals surface area contributed by atoms with E-state index < -0.39 is 23.9 Å². The molecule has 1 heterocycles. The van der Waals surface area contributed by atoms with Crippen molar-refractivity contribution in [3.8, 4) is 0 Å². The Kier molecular flexibility index (Phi) is 5.68. The van der Waals surface area contributed by atoms with Gasteiger partial charge >= 0.3 is 6.09 Å². The Morgan fingerprint density at radius 1 is 1.12 bits per heavy atom. The van der Waals surface area contributed by atoms with Gasteiger partial charge in [0.25, 0.3) is 0 Å². The number of nitrogens with zero attached hydrogens (tertiary/aromatic N) is 1. The van der Waals surface area contributed by atoms with E-state index in [1.807, 2.05) is 30.3 Å². The maximum Gasteiger partial charge on any atom is 0.417 e. The first kappa shape index (κ1) is 18.1. The number of ether oxygens (including phenoxy) is 1. The van der Waals surface area contributed by atoms with Crippen LogP contribution in [0.25, 0.3) is 0 Å². The Labute approximate surface area is 159 Å². The summed E-state index contributed by atoms with van der Waals surface area (Å²) in [6.07, 6.45) is -0.382. The van der Waals surface area contributed by atoms with E-state index in [9.17, 15) is 14.4 Å². The molecule has 26 heavy (non-hydrogen) atoms. The lowest BCUT2D eigenvalue weighted by atomic mass is 10.2. The molecular formula is C19H17BrN2O4. The van der Waals surface area contributed by atoms with Gasteiger partial charge in [-0.25, -0.2) is 9.69 Å². The number of benzene rings is 2. The summed E-state index contributed by atoms with van der Waals surface area (Å²) < 4.78 is 6.10. The molecule has 0 saturated carbocycles. The molecule has 134 valence electrons. The predicted molar refractivity (Wildman–Crippen MR) is 99.3 cm³/mol. The Morgan fingerprint density at radius 3 is 2.50 bits per heavy atom. The topological polar surface area (TPSA) is 75.7 Å². The lowest BCUT2D eigenvalue weighted by molar-refractivity contribution is -0.131. The molecular weight excluding hydrogens is 400 g/mol. The van der Waals surface area contributed by atoms with Crippen LogP contribution >= 0.6 is 15.9 Å².